The molecule has 0 aliphatic rings. The third kappa shape index (κ3) is 2.45. The first-order valence-electron chi connectivity index (χ1n) is 4.05. The number of benzene rings is 1. The van der Waals surface area contributed by atoms with Gasteiger partial charge < -0.3 is 10.2 Å². The number of carboxylic acids is 1. The Kier molecular flexibility index (Phi) is 3.54. The summed E-state index contributed by atoms with van der Waals surface area (Å²) in [6, 6.07) is 1.50. The Morgan fingerprint density at radius 3 is 1.88 bits per heavy atom. The molecule has 0 aliphatic carbocycles. The Balaban J connectivity index is 3.63. The normalized spacial score (nSPS) is 9.71. The van der Waals surface area contributed by atoms with E-state index in [0.29, 0.717) is 0 Å². The lowest BCUT2D eigenvalue weighted by molar-refractivity contribution is -0.392. The molecule has 1 aromatic carbocycles. The Labute approximate surface area is 96.0 Å². The first-order chi connectivity index (χ1) is 7.88. The molecule has 0 aliphatic heterocycles. The van der Waals surface area contributed by atoms with Crippen LogP contribution in [-0.4, -0.2) is 20.9 Å². The summed E-state index contributed by atoms with van der Waals surface area (Å²) in [7, 11) is 1.89. The van der Waals surface area contributed by atoms with Crippen LogP contribution in [0.4, 0.5) is 17.1 Å². The van der Waals surface area contributed by atoms with E-state index in [1.165, 1.54) is 0 Å². The lowest BCUT2D eigenvalue weighted by Crippen LogP contribution is -2.04. The van der Waals surface area contributed by atoms with Gasteiger partial charge in [0.15, 0.2) is 5.69 Å². The van der Waals surface area contributed by atoms with E-state index in [2.05, 4.69) is 5.09 Å². The minimum absolute atomic E-state index is 0.366. The molecule has 1 atom stereocenters. The first-order valence-corrected chi connectivity index (χ1v) is 4.63. The average Bonchev–Trinajstić information content (AvgIpc) is 2.26. The van der Waals surface area contributed by atoms with E-state index in [-0.39, 0.29) is 5.69 Å². The largest absolute Gasteiger partial charge is 0.478 e. The third-order valence-electron chi connectivity index (χ3n) is 1.88. The van der Waals surface area contributed by atoms with Crippen LogP contribution in [0.3, 0.4) is 0 Å². The van der Waals surface area contributed by atoms with Gasteiger partial charge in [-0.25, -0.2) is 4.79 Å². The molecule has 1 rings (SSSR count). The molecule has 90 valence electrons. The van der Waals surface area contributed by atoms with Crippen LogP contribution in [0.2, 0.25) is 0 Å². The molecule has 0 radical (unpaired) electrons. The van der Waals surface area contributed by atoms with Crippen molar-refractivity contribution in [3.05, 3.63) is 37.9 Å². The zero-order valence-electron chi connectivity index (χ0n) is 8.11. The number of aromatic carboxylic acids is 1. The second kappa shape index (κ2) is 4.71. The molecule has 9 nitrogen and oxygen atoms in total. The summed E-state index contributed by atoms with van der Waals surface area (Å²) in [6.45, 7) is 0. The second-order valence-electron chi connectivity index (χ2n) is 2.85. The standard InChI is InChI=1S/C7H6N3O6P/c11-7(12)3-1-4(9(13)14)6(8-17)5(2-3)10(15)16/h1-2,8H,17H2,(H,11,12). The van der Waals surface area contributed by atoms with Gasteiger partial charge in [0.1, 0.15) is 0 Å². The van der Waals surface area contributed by atoms with E-state index in [4.69, 9.17) is 5.11 Å². The van der Waals surface area contributed by atoms with Crippen LogP contribution in [-0.2, 0) is 0 Å². The number of hydrogen-bond acceptors (Lipinski definition) is 6. The molecule has 1 aromatic rings. The minimum atomic E-state index is -1.48. The molecule has 1 unspecified atom stereocenters. The number of anilines is 1. The van der Waals surface area contributed by atoms with Crippen LogP contribution >= 0.6 is 9.39 Å². The summed E-state index contributed by atoms with van der Waals surface area (Å²) < 4.78 is 0. The fourth-order valence-electron chi connectivity index (χ4n) is 1.17. The fraction of sp³-hybridized carbons (Fsp3) is 0. The average molecular weight is 259 g/mol. The van der Waals surface area contributed by atoms with E-state index in [1.54, 1.807) is 0 Å². The molecule has 0 fully saturated rings. The summed E-state index contributed by atoms with van der Waals surface area (Å²) in [6.07, 6.45) is 0. The SMILES string of the molecule is O=C(O)c1cc([N+](=O)[O-])c(NP)c([N+](=O)[O-])c1. The van der Waals surface area contributed by atoms with Gasteiger partial charge in [0.25, 0.3) is 0 Å². The maximum absolute atomic E-state index is 10.7. The van der Waals surface area contributed by atoms with Crippen LogP contribution in [0.25, 0.3) is 0 Å². The summed E-state index contributed by atoms with van der Waals surface area (Å²) in [4.78, 5) is 30.2. The van der Waals surface area contributed by atoms with Gasteiger partial charge in [-0.15, -0.1) is 0 Å². The van der Waals surface area contributed by atoms with Crippen molar-refractivity contribution in [3.8, 4) is 0 Å². The Hall–Kier alpha value is -2.28. The molecule has 0 saturated carbocycles. The van der Waals surface area contributed by atoms with Crippen molar-refractivity contribution in [1.82, 2.24) is 0 Å². The molecule has 0 bridgehead atoms. The Morgan fingerprint density at radius 2 is 1.65 bits per heavy atom. The van der Waals surface area contributed by atoms with Crippen molar-refractivity contribution in [2.24, 2.45) is 0 Å². The molecule has 17 heavy (non-hydrogen) atoms. The molecule has 10 heteroatoms. The molecule has 2 N–H and O–H groups in total. The predicted molar refractivity (Wildman–Crippen MR) is 60.0 cm³/mol. The van der Waals surface area contributed by atoms with E-state index >= 15 is 0 Å². The first kappa shape index (κ1) is 12.8. The summed E-state index contributed by atoms with van der Waals surface area (Å²) >= 11 is 0. The lowest BCUT2D eigenvalue weighted by Gasteiger charge is -2.04. The number of carboxylic acid groups (broad SMARTS) is 1. The van der Waals surface area contributed by atoms with Gasteiger partial charge in [0, 0.05) is 12.1 Å². The second-order valence-corrected chi connectivity index (χ2v) is 3.14. The molecule has 0 heterocycles. The van der Waals surface area contributed by atoms with Gasteiger partial charge in [0.2, 0.25) is 0 Å². The molecular weight excluding hydrogens is 253 g/mol. The summed E-state index contributed by atoms with van der Waals surface area (Å²) in [5.41, 5.74) is -2.24. The van der Waals surface area contributed by atoms with Gasteiger partial charge in [-0.05, 0) is 9.39 Å². The summed E-state index contributed by atoms with van der Waals surface area (Å²) in [5, 5.41) is 32.3. The molecular formula is C7H6N3O6P. The molecule has 0 saturated heterocycles. The monoisotopic (exact) mass is 259 g/mol. The van der Waals surface area contributed by atoms with E-state index < -0.39 is 32.8 Å². The van der Waals surface area contributed by atoms with Crippen molar-refractivity contribution >= 4 is 32.4 Å². The maximum atomic E-state index is 10.7. The third-order valence-corrected chi connectivity index (χ3v) is 2.17. The van der Waals surface area contributed by atoms with Crippen molar-refractivity contribution in [1.29, 1.82) is 0 Å². The van der Waals surface area contributed by atoms with E-state index in [0.717, 1.165) is 12.1 Å². The van der Waals surface area contributed by atoms with Crippen LogP contribution < -0.4 is 5.09 Å². The highest BCUT2D eigenvalue weighted by Crippen LogP contribution is 2.36. The van der Waals surface area contributed by atoms with Gasteiger partial charge in [-0.2, -0.15) is 0 Å². The minimum Gasteiger partial charge on any atom is -0.478 e. The van der Waals surface area contributed by atoms with Crippen LogP contribution in [0.15, 0.2) is 12.1 Å². The zero-order chi connectivity index (χ0) is 13.2. The highest BCUT2D eigenvalue weighted by Gasteiger charge is 2.27. The Morgan fingerprint density at radius 1 is 1.24 bits per heavy atom. The number of nitro benzene ring substituents is 2. The van der Waals surface area contributed by atoms with Crippen LogP contribution in [0, 0.1) is 20.2 Å². The zero-order valence-corrected chi connectivity index (χ0v) is 9.27. The maximum Gasteiger partial charge on any atom is 0.336 e. The van der Waals surface area contributed by atoms with Gasteiger partial charge >= 0.3 is 17.3 Å². The number of carbonyl (C=O) groups is 1. The quantitative estimate of drug-likeness (QED) is 0.473. The smallest absolute Gasteiger partial charge is 0.336 e. The Bertz CT molecular complexity index is 481. The predicted octanol–water partition coefficient (Wildman–Crippen LogP) is 1.40. The summed E-state index contributed by atoms with van der Waals surface area (Å²) in [5.74, 6) is -1.48. The van der Waals surface area contributed by atoms with Gasteiger partial charge in [-0.1, -0.05) is 0 Å². The van der Waals surface area contributed by atoms with Crippen molar-refractivity contribution in [2.45, 2.75) is 0 Å². The highest BCUT2D eigenvalue weighted by molar-refractivity contribution is 7.18. The number of nitrogens with one attached hydrogen (secondary N) is 1. The lowest BCUT2D eigenvalue weighted by atomic mass is 10.1. The van der Waals surface area contributed by atoms with Crippen molar-refractivity contribution in [2.75, 3.05) is 5.09 Å². The molecule has 0 aromatic heterocycles. The molecule has 0 spiro atoms. The molecule has 0 amide bonds. The highest BCUT2D eigenvalue weighted by atomic mass is 31.0. The van der Waals surface area contributed by atoms with Crippen molar-refractivity contribution < 1.29 is 19.7 Å². The fourth-order valence-corrected chi connectivity index (χ4v) is 1.47. The van der Waals surface area contributed by atoms with E-state index in [1.807, 2.05) is 9.39 Å². The van der Waals surface area contributed by atoms with E-state index in [9.17, 15) is 25.0 Å². The number of nitrogens with zero attached hydrogens (tertiary/aromatic N) is 2. The number of hydrogen-bond donors (Lipinski definition) is 2. The van der Waals surface area contributed by atoms with Crippen LogP contribution in [0.1, 0.15) is 10.4 Å². The topological polar surface area (TPSA) is 136 Å². The van der Waals surface area contributed by atoms with Gasteiger partial charge in [0.05, 0.1) is 15.4 Å². The number of nitro groups is 2. The number of rotatable bonds is 4. The van der Waals surface area contributed by atoms with Gasteiger partial charge in [-0.3, -0.25) is 20.2 Å². The van der Waals surface area contributed by atoms with Crippen LogP contribution in [0.5, 0.6) is 0 Å². The van der Waals surface area contributed by atoms with Crippen molar-refractivity contribution in [3.63, 3.8) is 0 Å².